The van der Waals surface area contributed by atoms with E-state index in [9.17, 15) is 13.2 Å². The van der Waals surface area contributed by atoms with Crippen molar-refractivity contribution in [2.45, 2.75) is 12.8 Å². The summed E-state index contributed by atoms with van der Waals surface area (Å²) in [5.41, 5.74) is 0.784. The predicted molar refractivity (Wildman–Crippen MR) is 68.7 cm³/mol. The highest BCUT2D eigenvalue weighted by molar-refractivity contribution is 8.13. The molecule has 0 fully saturated rings. The maximum Gasteiger partial charge on any atom is 0.232 e. The van der Waals surface area contributed by atoms with Crippen LogP contribution in [0.5, 0.6) is 0 Å². The SMILES string of the molecule is CN(C(=O)CCCS(=O)(=O)Cl)c1ccccc1. The molecule has 94 valence electrons. The lowest BCUT2D eigenvalue weighted by Gasteiger charge is -2.16. The van der Waals surface area contributed by atoms with E-state index in [-0.39, 0.29) is 24.5 Å². The fourth-order valence-corrected chi connectivity index (χ4v) is 2.18. The normalized spacial score (nSPS) is 11.2. The Labute approximate surface area is 106 Å². The zero-order valence-electron chi connectivity index (χ0n) is 9.47. The second kappa shape index (κ2) is 6.02. The van der Waals surface area contributed by atoms with Gasteiger partial charge in [-0.3, -0.25) is 4.79 Å². The van der Waals surface area contributed by atoms with Crippen molar-refractivity contribution in [2.24, 2.45) is 0 Å². The van der Waals surface area contributed by atoms with Gasteiger partial charge < -0.3 is 4.90 Å². The Morgan fingerprint density at radius 1 is 1.29 bits per heavy atom. The zero-order valence-corrected chi connectivity index (χ0v) is 11.0. The number of para-hydroxylation sites is 1. The minimum atomic E-state index is -3.51. The van der Waals surface area contributed by atoms with E-state index in [0.29, 0.717) is 0 Å². The van der Waals surface area contributed by atoms with Crippen molar-refractivity contribution < 1.29 is 13.2 Å². The van der Waals surface area contributed by atoms with Crippen LogP contribution < -0.4 is 4.90 Å². The molecule has 0 bridgehead atoms. The molecule has 0 heterocycles. The van der Waals surface area contributed by atoms with Crippen molar-refractivity contribution >= 4 is 31.3 Å². The van der Waals surface area contributed by atoms with Crippen LogP contribution in [0.3, 0.4) is 0 Å². The molecule has 0 aliphatic carbocycles. The summed E-state index contributed by atoms with van der Waals surface area (Å²) < 4.78 is 21.4. The highest BCUT2D eigenvalue weighted by Crippen LogP contribution is 2.13. The first-order valence-corrected chi connectivity index (χ1v) is 7.62. The Hall–Kier alpha value is -1.07. The van der Waals surface area contributed by atoms with Gasteiger partial charge in [0.25, 0.3) is 0 Å². The van der Waals surface area contributed by atoms with Gasteiger partial charge in [0.1, 0.15) is 0 Å². The second-order valence-corrected chi connectivity index (χ2v) is 6.53. The standard InChI is InChI=1S/C11H14ClNO3S/c1-13(10-6-3-2-4-7-10)11(14)8-5-9-17(12,15)16/h2-4,6-7H,5,8-9H2,1H3. The monoisotopic (exact) mass is 275 g/mol. The molecule has 17 heavy (non-hydrogen) atoms. The topological polar surface area (TPSA) is 54.5 Å². The van der Waals surface area contributed by atoms with Gasteiger partial charge in [0.15, 0.2) is 0 Å². The molecular formula is C11H14ClNO3S. The molecule has 0 aliphatic rings. The number of amides is 1. The third kappa shape index (κ3) is 5.19. The van der Waals surface area contributed by atoms with Gasteiger partial charge in [-0.05, 0) is 18.6 Å². The van der Waals surface area contributed by atoms with Crippen molar-refractivity contribution in [1.82, 2.24) is 0 Å². The molecule has 0 unspecified atom stereocenters. The fourth-order valence-electron chi connectivity index (χ4n) is 1.36. The van der Waals surface area contributed by atoms with Crippen LogP contribution in [0, 0.1) is 0 Å². The Bertz CT molecular complexity index is 473. The third-order valence-electron chi connectivity index (χ3n) is 2.30. The molecule has 0 radical (unpaired) electrons. The maximum atomic E-state index is 11.7. The molecular weight excluding hydrogens is 262 g/mol. The Kier molecular flexibility index (Phi) is 4.96. The van der Waals surface area contributed by atoms with Crippen LogP contribution >= 0.6 is 10.7 Å². The average Bonchev–Trinajstić information content (AvgIpc) is 2.27. The number of hydrogen-bond donors (Lipinski definition) is 0. The number of hydrogen-bond acceptors (Lipinski definition) is 3. The van der Waals surface area contributed by atoms with Crippen LogP contribution in [-0.2, 0) is 13.8 Å². The number of carbonyl (C=O) groups excluding carboxylic acids is 1. The lowest BCUT2D eigenvalue weighted by atomic mass is 10.2. The quantitative estimate of drug-likeness (QED) is 0.773. The van der Waals surface area contributed by atoms with E-state index in [1.807, 2.05) is 30.3 Å². The Morgan fingerprint density at radius 3 is 2.41 bits per heavy atom. The van der Waals surface area contributed by atoms with Crippen LogP contribution in [0.15, 0.2) is 30.3 Å². The molecule has 0 aromatic heterocycles. The minimum Gasteiger partial charge on any atom is -0.316 e. The van der Waals surface area contributed by atoms with E-state index >= 15 is 0 Å². The average molecular weight is 276 g/mol. The summed E-state index contributed by atoms with van der Waals surface area (Å²) in [5.74, 6) is -0.306. The maximum absolute atomic E-state index is 11.7. The zero-order chi connectivity index (χ0) is 12.9. The minimum absolute atomic E-state index is 0.128. The van der Waals surface area contributed by atoms with Crippen LogP contribution in [-0.4, -0.2) is 27.1 Å². The van der Waals surface area contributed by atoms with Crippen molar-refractivity contribution in [2.75, 3.05) is 17.7 Å². The van der Waals surface area contributed by atoms with E-state index in [1.165, 1.54) is 4.90 Å². The largest absolute Gasteiger partial charge is 0.316 e. The summed E-state index contributed by atoms with van der Waals surface area (Å²) in [5, 5.41) is 0. The van der Waals surface area contributed by atoms with Gasteiger partial charge in [-0.25, -0.2) is 8.42 Å². The molecule has 0 N–H and O–H groups in total. The first-order chi connectivity index (χ1) is 7.90. The molecule has 6 heteroatoms. The molecule has 0 saturated heterocycles. The molecule has 1 amide bonds. The Morgan fingerprint density at radius 2 is 1.88 bits per heavy atom. The fraction of sp³-hybridized carbons (Fsp3) is 0.364. The van der Waals surface area contributed by atoms with Crippen LogP contribution in [0.2, 0.25) is 0 Å². The molecule has 4 nitrogen and oxygen atoms in total. The van der Waals surface area contributed by atoms with Crippen molar-refractivity contribution in [1.29, 1.82) is 0 Å². The Balaban J connectivity index is 2.49. The highest BCUT2D eigenvalue weighted by atomic mass is 35.7. The van der Waals surface area contributed by atoms with E-state index in [4.69, 9.17) is 10.7 Å². The molecule has 0 saturated carbocycles. The van der Waals surface area contributed by atoms with Gasteiger partial charge in [-0.2, -0.15) is 0 Å². The van der Waals surface area contributed by atoms with Crippen LogP contribution in [0.1, 0.15) is 12.8 Å². The van der Waals surface area contributed by atoms with E-state index in [1.54, 1.807) is 7.05 Å². The van der Waals surface area contributed by atoms with Crippen molar-refractivity contribution in [3.8, 4) is 0 Å². The summed E-state index contributed by atoms with van der Waals surface area (Å²) in [6.45, 7) is 0. The van der Waals surface area contributed by atoms with Gasteiger partial charge in [-0.1, -0.05) is 18.2 Å². The number of rotatable bonds is 5. The summed E-state index contributed by atoms with van der Waals surface area (Å²) in [6.07, 6.45) is 0.402. The predicted octanol–water partition coefficient (Wildman–Crippen LogP) is 2.00. The van der Waals surface area contributed by atoms with Gasteiger partial charge >= 0.3 is 0 Å². The number of carbonyl (C=O) groups is 1. The number of halogens is 1. The summed E-state index contributed by atoms with van der Waals surface area (Å²) in [7, 11) is 3.21. The van der Waals surface area contributed by atoms with Crippen molar-refractivity contribution in [3.05, 3.63) is 30.3 Å². The van der Waals surface area contributed by atoms with Crippen LogP contribution in [0.25, 0.3) is 0 Å². The number of anilines is 1. The lowest BCUT2D eigenvalue weighted by molar-refractivity contribution is -0.118. The van der Waals surface area contributed by atoms with Gasteiger partial charge in [-0.15, -0.1) is 0 Å². The summed E-state index contributed by atoms with van der Waals surface area (Å²) >= 11 is 0. The summed E-state index contributed by atoms with van der Waals surface area (Å²) in [4.78, 5) is 13.2. The second-order valence-electron chi connectivity index (χ2n) is 3.63. The van der Waals surface area contributed by atoms with Gasteiger partial charge in [0.2, 0.25) is 15.0 Å². The van der Waals surface area contributed by atoms with E-state index in [2.05, 4.69) is 0 Å². The molecule has 0 aliphatic heterocycles. The highest BCUT2D eigenvalue weighted by Gasteiger charge is 2.12. The molecule has 1 aromatic carbocycles. The van der Waals surface area contributed by atoms with Crippen molar-refractivity contribution in [3.63, 3.8) is 0 Å². The number of benzene rings is 1. The van der Waals surface area contributed by atoms with E-state index < -0.39 is 9.05 Å². The van der Waals surface area contributed by atoms with Gasteiger partial charge in [0, 0.05) is 29.8 Å². The molecule has 1 aromatic rings. The van der Waals surface area contributed by atoms with E-state index in [0.717, 1.165) is 5.69 Å². The molecule has 0 atom stereocenters. The lowest BCUT2D eigenvalue weighted by Crippen LogP contribution is -2.26. The first-order valence-electron chi connectivity index (χ1n) is 5.14. The summed E-state index contributed by atoms with van der Waals surface area (Å²) in [6, 6.07) is 9.17. The molecule has 0 spiro atoms. The smallest absolute Gasteiger partial charge is 0.232 e. The first kappa shape index (κ1) is 14.0. The van der Waals surface area contributed by atoms with Crippen LogP contribution in [0.4, 0.5) is 5.69 Å². The molecule has 1 rings (SSSR count). The third-order valence-corrected chi connectivity index (χ3v) is 3.54. The number of nitrogens with zero attached hydrogens (tertiary/aromatic N) is 1. The van der Waals surface area contributed by atoms with Gasteiger partial charge in [0.05, 0.1) is 5.75 Å².